The molecule has 3 rings (SSSR count). The van der Waals surface area contributed by atoms with Crippen LogP contribution in [-0.4, -0.2) is 26.8 Å². The van der Waals surface area contributed by atoms with Crippen LogP contribution >= 0.6 is 11.8 Å². The molecule has 1 aliphatic heterocycles. The zero-order valence-corrected chi connectivity index (χ0v) is 14.5. The fourth-order valence-corrected chi connectivity index (χ4v) is 3.64. The number of rotatable bonds is 5. The molecule has 0 fully saturated rings. The second-order valence-electron chi connectivity index (χ2n) is 5.76. The van der Waals surface area contributed by atoms with Gasteiger partial charge in [0.25, 0.3) is 0 Å². The van der Waals surface area contributed by atoms with Crippen LogP contribution in [0, 0.1) is 0 Å². The van der Waals surface area contributed by atoms with E-state index in [0.717, 1.165) is 17.0 Å². The third kappa shape index (κ3) is 3.46. The maximum atomic E-state index is 12.4. The molecule has 0 saturated carbocycles. The van der Waals surface area contributed by atoms with E-state index in [-0.39, 0.29) is 24.3 Å². The lowest BCUT2D eigenvalue weighted by Crippen LogP contribution is -2.32. The van der Waals surface area contributed by atoms with Gasteiger partial charge in [-0.2, -0.15) is 5.10 Å². The van der Waals surface area contributed by atoms with Crippen molar-refractivity contribution in [3.05, 3.63) is 36.5 Å². The number of fused-ring (bicyclic) bond motifs is 1. The minimum atomic E-state index is -0.431. The van der Waals surface area contributed by atoms with Crippen molar-refractivity contribution in [3.63, 3.8) is 0 Å². The van der Waals surface area contributed by atoms with Crippen LogP contribution in [0.3, 0.4) is 0 Å². The standard InChI is InChI=1S/C17H20N4O2S/c1-3-11(2)21-15(8-9-18-21)20-16(22)10-14-17(23)19-12-6-4-5-7-13(12)24-14/h4-9,11,14H,3,10H2,1-2H3,(H,19,23)(H,20,22)/t11-,14+/m0/s1. The Morgan fingerprint density at radius 3 is 3.00 bits per heavy atom. The normalized spacial score (nSPS) is 17.8. The minimum Gasteiger partial charge on any atom is -0.324 e. The summed E-state index contributed by atoms with van der Waals surface area (Å²) in [6, 6.07) is 9.58. The summed E-state index contributed by atoms with van der Waals surface area (Å²) in [6.07, 6.45) is 2.71. The van der Waals surface area contributed by atoms with Gasteiger partial charge in [0.15, 0.2) is 0 Å². The van der Waals surface area contributed by atoms with Crippen molar-refractivity contribution < 1.29 is 9.59 Å². The van der Waals surface area contributed by atoms with Crippen molar-refractivity contribution in [2.45, 2.75) is 42.9 Å². The van der Waals surface area contributed by atoms with E-state index in [0.29, 0.717) is 5.82 Å². The number of amides is 2. The van der Waals surface area contributed by atoms with Crippen LogP contribution in [0.5, 0.6) is 0 Å². The van der Waals surface area contributed by atoms with Gasteiger partial charge in [0.05, 0.1) is 23.2 Å². The van der Waals surface area contributed by atoms with Gasteiger partial charge in [-0.15, -0.1) is 11.8 Å². The molecule has 0 radical (unpaired) electrons. The SMILES string of the molecule is CC[C@H](C)n1nccc1NC(=O)C[C@H]1Sc2ccccc2NC1=O. The highest BCUT2D eigenvalue weighted by Crippen LogP contribution is 2.36. The van der Waals surface area contributed by atoms with Crippen molar-refractivity contribution in [3.8, 4) is 0 Å². The molecular weight excluding hydrogens is 324 g/mol. The number of nitrogens with one attached hydrogen (secondary N) is 2. The summed E-state index contributed by atoms with van der Waals surface area (Å²) < 4.78 is 1.79. The summed E-state index contributed by atoms with van der Waals surface area (Å²) in [5, 5.41) is 9.54. The molecule has 0 bridgehead atoms. The van der Waals surface area contributed by atoms with Crippen LogP contribution < -0.4 is 10.6 Å². The van der Waals surface area contributed by atoms with E-state index < -0.39 is 5.25 Å². The molecule has 2 N–H and O–H groups in total. The van der Waals surface area contributed by atoms with Gasteiger partial charge in [-0.25, -0.2) is 4.68 Å². The molecule has 24 heavy (non-hydrogen) atoms. The zero-order chi connectivity index (χ0) is 17.1. The summed E-state index contributed by atoms with van der Waals surface area (Å²) >= 11 is 1.43. The second-order valence-corrected chi connectivity index (χ2v) is 7.01. The number of aromatic nitrogens is 2. The molecule has 1 aromatic heterocycles. The summed E-state index contributed by atoms with van der Waals surface area (Å²) in [6.45, 7) is 4.11. The van der Waals surface area contributed by atoms with Gasteiger partial charge >= 0.3 is 0 Å². The first-order valence-corrected chi connectivity index (χ1v) is 8.86. The van der Waals surface area contributed by atoms with Gasteiger partial charge in [0.2, 0.25) is 11.8 Å². The van der Waals surface area contributed by atoms with Gasteiger partial charge in [-0.1, -0.05) is 19.1 Å². The van der Waals surface area contributed by atoms with Crippen LogP contribution in [0.15, 0.2) is 41.4 Å². The average molecular weight is 344 g/mol. The summed E-state index contributed by atoms with van der Waals surface area (Å²) in [7, 11) is 0. The largest absolute Gasteiger partial charge is 0.324 e. The topological polar surface area (TPSA) is 76.0 Å². The number of benzene rings is 1. The molecular formula is C17H20N4O2S. The summed E-state index contributed by atoms with van der Waals surface area (Å²) in [4.78, 5) is 25.5. The van der Waals surface area contributed by atoms with Crippen LogP contribution in [0.2, 0.25) is 0 Å². The highest BCUT2D eigenvalue weighted by Gasteiger charge is 2.29. The Balaban J connectivity index is 1.66. The quantitative estimate of drug-likeness (QED) is 0.872. The maximum Gasteiger partial charge on any atom is 0.238 e. The van der Waals surface area contributed by atoms with E-state index in [9.17, 15) is 9.59 Å². The number of carbonyl (C=O) groups is 2. The van der Waals surface area contributed by atoms with Crippen molar-refractivity contribution in [2.24, 2.45) is 0 Å². The molecule has 0 saturated heterocycles. The molecule has 2 amide bonds. The lowest BCUT2D eigenvalue weighted by atomic mass is 10.2. The highest BCUT2D eigenvalue weighted by molar-refractivity contribution is 8.01. The molecule has 0 aliphatic carbocycles. The molecule has 6 nitrogen and oxygen atoms in total. The first-order chi connectivity index (χ1) is 11.6. The number of thioether (sulfide) groups is 1. The van der Waals surface area contributed by atoms with E-state index in [1.54, 1.807) is 16.9 Å². The number of nitrogens with zero attached hydrogens (tertiary/aromatic N) is 2. The van der Waals surface area contributed by atoms with Crippen molar-refractivity contribution in [2.75, 3.05) is 10.6 Å². The Labute approximate surface area is 145 Å². The molecule has 1 aliphatic rings. The van der Waals surface area contributed by atoms with Gasteiger partial charge in [-0.05, 0) is 25.5 Å². The van der Waals surface area contributed by atoms with Gasteiger partial charge < -0.3 is 10.6 Å². The zero-order valence-electron chi connectivity index (χ0n) is 13.7. The molecule has 1 aromatic carbocycles. The predicted molar refractivity (Wildman–Crippen MR) is 95.2 cm³/mol. The molecule has 0 spiro atoms. The van der Waals surface area contributed by atoms with E-state index in [1.807, 2.05) is 31.2 Å². The van der Waals surface area contributed by atoms with E-state index >= 15 is 0 Å². The Hall–Kier alpha value is -2.28. The summed E-state index contributed by atoms with van der Waals surface area (Å²) in [5.41, 5.74) is 0.805. The lowest BCUT2D eigenvalue weighted by Gasteiger charge is -2.23. The van der Waals surface area contributed by atoms with Crippen molar-refractivity contribution in [1.29, 1.82) is 0 Å². The Morgan fingerprint density at radius 2 is 2.21 bits per heavy atom. The van der Waals surface area contributed by atoms with Gasteiger partial charge in [0, 0.05) is 17.4 Å². The predicted octanol–water partition coefficient (Wildman–Crippen LogP) is 3.30. The van der Waals surface area contributed by atoms with Gasteiger partial charge in [0.1, 0.15) is 5.82 Å². The van der Waals surface area contributed by atoms with Crippen LogP contribution in [0.4, 0.5) is 11.5 Å². The van der Waals surface area contributed by atoms with Crippen LogP contribution in [0.25, 0.3) is 0 Å². The fourth-order valence-electron chi connectivity index (χ4n) is 2.53. The number of hydrogen-bond acceptors (Lipinski definition) is 4. The van der Waals surface area contributed by atoms with Crippen LogP contribution in [0.1, 0.15) is 32.7 Å². The maximum absolute atomic E-state index is 12.4. The first-order valence-electron chi connectivity index (χ1n) is 7.98. The van der Waals surface area contributed by atoms with E-state index in [1.165, 1.54) is 11.8 Å². The Kier molecular flexibility index (Phi) is 4.89. The van der Waals surface area contributed by atoms with E-state index in [4.69, 9.17) is 0 Å². The molecule has 2 aromatic rings. The van der Waals surface area contributed by atoms with Gasteiger partial charge in [-0.3, -0.25) is 9.59 Å². The smallest absolute Gasteiger partial charge is 0.238 e. The number of para-hydroxylation sites is 1. The number of hydrogen-bond donors (Lipinski definition) is 2. The third-order valence-corrected chi connectivity index (χ3v) is 5.30. The van der Waals surface area contributed by atoms with Crippen LogP contribution in [-0.2, 0) is 9.59 Å². The molecule has 7 heteroatoms. The average Bonchev–Trinajstić information content (AvgIpc) is 3.02. The molecule has 2 heterocycles. The third-order valence-electron chi connectivity index (χ3n) is 4.02. The van der Waals surface area contributed by atoms with E-state index in [2.05, 4.69) is 22.7 Å². The number of anilines is 2. The monoisotopic (exact) mass is 344 g/mol. The summed E-state index contributed by atoms with van der Waals surface area (Å²) in [5.74, 6) is 0.340. The number of carbonyl (C=O) groups excluding carboxylic acids is 2. The highest BCUT2D eigenvalue weighted by atomic mass is 32.2. The Morgan fingerprint density at radius 1 is 1.42 bits per heavy atom. The fraction of sp³-hybridized carbons (Fsp3) is 0.353. The first kappa shape index (κ1) is 16.6. The van der Waals surface area contributed by atoms with Crippen molar-refractivity contribution in [1.82, 2.24) is 9.78 Å². The minimum absolute atomic E-state index is 0.122. The second kappa shape index (κ2) is 7.09. The molecule has 126 valence electrons. The van der Waals surface area contributed by atoms with Crippen molar-refractivity contribution >= 4 is 35.1 Å². The molecule has 0 unspecified atom stereocenters. The lowest BCUT2D eigenvalue weighted by molar-refractivity contribution is -0.120. The Bertz CT molecular complexity index is 759. The molecule has 2 atom stereocenters.